The summed E-state index contributed by atoms with van der Waals surface area (Å²) in [4.78, 5) is 11.2. The van der Waals surface area contributed by atoms with Crippen molar-refractivity contribution in [2.75, 3.05) is 13.7 Å². The molecular formula is C12H14ClF2NO3. The van der Waals surface area contributed by atoms with Gasteiger partial charge < -0.3 is 15.2 Å². The van der Waals surface area contributed by atoms with Gasteiger partial charge in [0.25, 0.3) is 0 Å². The Kier molecular flexibility index (Phi) is 5.08. The molecule has 1 aromatic rings. The standard InChI is InChI=1S/C12H14ClF2NO3/c1-3-19-11(17)12(14,15)10(16)8-6-7(13)4-5-9(8)18-2/h4-6,10H,3,16H2,1-2H3/t10-/m1/s1. The van der Waals surface area contributed by atoms with Crippen LogP contribution in [0.25, 0.3) is 0 Å². The van der Waals surface area contributed by atoms with Gasteiger partial charge in [0.2, 0.25) is 0 Å². The molecule has 1 aromatic carbocycles. The molecular weight excluding hydrogens is 280 g/mol. The van der Waals surface area contributed by atoms with Gasteiger partial charge in [-0.15, -0.1) is 0 Å². The Morgan fingerprint density at radius 3 is 2.68 bits per heavy atom. The van der Waals surface area contributed by atoms with Gasteiger partial charge in [0.1, 0.15) is 11.8 Å². The van der Waals surface area contributed by atoms with Gasteiger partial charge in [0, 0.05) is 10.6 Å². The van der Waals surface area contributed by atoms with Crippen LogP contribution < -0.4 is 10.5 Å². The third-order valence-electron chi connectivity index (χ3n) is 2.46. The van der Waals surface area contributed by atoms with Crippen molar-refractivity contribution >= 4 is 17.6 Å². The number of ether oxygens (including phenoxy) is 2. The van der Waals surface area contributed by atoms with E-state index in [0.717, 1.165) is 0 Å². The van der Waals surface area contributed by atoms with E-state index in [2.05, 4.69) is 4.74 Å². The minimum Gasteiger partial charge on any atom is -0.496 e. The van der Waals surface area contributed by atoms with Crippen LogP contribution >= 0.6 is 11.6 Å². The van der Waals surface area contributed by atoms with Crippen molar-refractivity contribution in [3.8, 4) is 5.75 Å². The van der Waals surface area contributed by atoms with E-state index < -0.39 is 17.9 Å². The molecule has 0 amide bonds. The second-order valence-electron chi connectivity index (χ2n) is 3.71. The van der Waals surface area contributed by atoms with E-state index in [-0.39, 0.29) is 22.9 Å². The second kappa shape index (κ2) is 6.16. The summed E-state index contributed by atoms with van der Waals surface area (Å²) in [7, 11) is 1.31. The minimum absolute atomic E-state index is 0.0620. The van der Waals surface area contributed by atoms with Crippen molar-refractivity contribution in [3.05, 3.63) is 28.8 Å². The highest BCUT2D eigenvalue weighted by atomic mass is 35.5. The fraction of sp³-hybridized carbons (Fsp3) is 0.417. The number of methoxy groups -OCH3 is 1. The first-order chi connectivity index (χ1) is 8.84. The number of carbonyl (C=O) groups is 1. The van der Waals surface area contributed by atoms with Gasteiger partial charge in [0.05, 0.1) is 13.7 Å². The van der Waals surface area contributed by atoms with Crippen molar-refractivity contribution < 1.29 is 23.0 Å². The third-order valence-corrected chi connectivity index (χ3v) is 2.70. The highest BCUT2D eigenvalue weighted by Crippen LogP contribution is 2.36. The predicted molar refractivity (Wildman–Crippen MR) is 66.5 cm³/mol. The van der Waals surface area contributed by atoms with Gasteiger partial charge in [-0.2, -0.15) is 8.78 Å². The van der Waals surface area contributed by atoms with Crippen molar-refractivity contribution in [3.63, 3.8) is 0 Å². The number of alkyl halides is 2. The summed E-state index contributed by atoms with van der Waals surface area (Å²) in [5, 5.41) is 0.214. The van der Waals surface area contributed by atoms with Gasteiger partial charge in [-0.3, -0.25) is 0 Å². The van der Waals surface area contributed by atoms with E-state index >= 15 is 0 Å². The van der Waals surface area contributed by atoms with Crippen LogP contribution in [0.4, 0.5) is 8.78 Å². The molecule has 0 aliphatic rings. The summed E-state index contributed by atoms with van der Waals surface area (Å²) in [5.74, 6) is -5.42. The maximum Gasteiger partial charge on any atom is 0.379 e. The van der Waals surface area contributed by atoms with Gasteiger partial charge >= 0.3 is 11.9 Å². The van der Waals surface area contributed by atoms with Crippen LogP contribution in [0.3, 0.4) is 0 Å². The van der Waals surface area contributed by atoms with Gasteiger partial charge in [0.15, 0.2) is 0 Å². The number of carbonyl (C=O) groups excluding carboxylic acids is 1. The first kappa shape index (κ1) is 15.7. The van der Waals surface area contributed by atoms with Crippen LogP contribution in [0.2, 0.25) is 5.02 Å². The lowest BCUT2D eigenvalue weighted by Crippen LogP contribution is -2.41. The molecule has 0 aliphatic heterocycles. The predicted octanol–water partition coefficient (Wildman–Crippen LogP) is 2.55. The number of benzene rings is 1. The highest BCUT2D eigenvalue weighted by Gasteiger charge is 2.48. The van der Waals surface area contributed by atoms with E-state index in [4.69, 9.17) is 22.1 Å². The maximum absolute atomic E-state index is 13.8. The summed E-state index contributed by atoms with van der Waals surface area (Å²) in [6, 6.07) is 2.20. The second-order valence-corrected chi connectivity index (χ2v) is 4.14. The maximum atomic E-state index is 13.8. The Morgan fingerprint density at radius 1 is 1.53 bits per heavy atom. The van der Waals surface area contributed by atoms with E-state index in [1.807, 2.05) is 0 Å². The van der Waals surface area contributed by atoms with Crippen molar-refractivity contribution in [2.45, 2.75) is 18.9 Å². The van der Waals surface area contributed by atoms with E-state index in [0.29, 0.717) is 0 Å². The van der Waals surface area contributed by atoms with Gasteiger partial charge in [-0.05, 0) is 25.1 Å². The highest BCUT2D eigenvalue weighted by molar-refractivity contribution is 6.30. The molecule has 0 unspecified atom stereocenters. The fourth-order valence-electron chi connectivity index (χ4n) is 1.50. The molecule has 19 heavy (non-hydrogen) atoms. The van der Waals surface area contributed by atoms with Crippen molar-refractivity contribution in [1.29, 1.82) is 0 Å². The van der Waals surface area contributed by atoms with Crippen LogP contribution in [-0.4, -0.2) is 25.6 Å². The van der Waals surface area contributed by atoms with Gasteiger partial charge in [-0.1, -0.05) is 11.6 Å². The summed E-state index contributed by atoms with van der Waals surface area (Å²) >= 11 is 5.74. The zero-order valence-electron chi connectivity index (χ0n) is 10.5. The van der Waals surface area contributed by atoms with Crippen LogP contribution in [0.1, 0.15) is 18.5 Å². The Balaban J connectivity index is 3.14. The molecule has 0 aromatic heterocycles. The zero-order valence-corrected chi connectivity index (χ0v) is 11.2. The summed E-state index contributed by atoms with van der Waals surface area (Å²) < 4.78 is 36.9. The minimum atomic E-state index is -3.87. The van der Waals surface area contributed by atoms with Gasteiger partial charge in [-0.25, -0.2) is 4.79 Å². The number of halogens is 3. The van der Waals surface area contributed by atoms with E-state index in [9.17, 15) is 13.6 Å². The summed E-state index contributed by atoms with van der Waals surface area (Å²) in [6.07, 6.45) is 0. The summed E-state index contributed by atoms with van der Waals surface area (Å²) in [6.45, 7) is 1.27. The molecule has 0 saturated carbocycles. The normalized spacial score (nSPS) is 12.9. The zero-order chi connectivity index (χ0) is 14.6. The first-order valence-corrected chi connectivity index (χ1v) is 5.86. The molecule has 1 atom stereocenters. The fourth-order valence-corrected chi connectivity index (χ4v) is 1.68. The smallest absolute Gasteiger partial charge is 0.379 e. The van der Waals surface area contributed by atoms with Crippen molar-refractivity contribution in [1.82, 2.24) is 0 Å². The monoisotopic (exact) mass is 293 g/mol. The molecule has 0 aliphatic carbocycles. The van der Waals surface area contributed by atoms with Crippen molar-refractivity contribution in [2.24, 2.45) is 5.73 Å². The first-order valence-electron chi connectivity index (χ1n) is 5.48. The quantitative estimate of drug-likeness (QED) is 0.848. The average Bonchev–Trinajstić information content (AvgIpc) is 2.38. The molecule has 7 heteroatoms. The average molecular weight is 294 g/mol. The Labute approximate surface area is 114 Å². The number of hydrogen-bond donors (Lipinski definition) is 1. The lowest BCUT2D eigenvalue weighted by Gasteiger charge is -2.23. The number of nitrogens with two attached hydrogens (primary N) is 1. The Morgan fingerprint density at radius 2 is 2.16 bits per heavy atom. The molecule has 106 valence electrons. The largest absolute Gasteiger partial charge is 0.496 e. The molecule has 0 heterocycles. The van der Waals surface area contributed by atoms with Crippen LogP contribution in [0.5, 0.6) is 5.75 Å². The van der Waals surface area contributed by atoms with Crippen LogP contribution in [-0.2, 0) is 9.53 Å². The Bertz CT molecular complexity index is 468. The molecule has 0 saturated heterocycles. The third kappa shape index (κ3) is 3.33. The number of esters is 1. The van der Waals surface area contributed by atoms with E-state index in [1.54, 1.807) is 0 Å². The molecule has 0 radical (unpaired) electrons. The molecule has 4 nitrogen and oxygen atoms in total. The van der Waals surface area contributed by atoms with E-state index in [1.165, 1.54) is 32.2 Å². The molecule has 0 fully saturated rings. The number of rotatable bonds is 5. The number of hydrogen-bond acceptors (Lipinski definition) is 4. The summed E-state index contributed by atoms with van der Waals surface area (Å²) in [5.41, 5.74) is 5.40. The SMILES string of the molecule is CCOC(=O)C(F)(F)[C@H](N)c1cc(Cl)ccc1OC. The molecule has 0 bridgehead atoms. The Hall–Kier alpha value is -1.40. The van der Waals surface area contributed by atoms with Crippen LogP contribution in [0, 0.1) is 0 Å². The lowest BCUT2D eigenvalue weighted by molar-refractivity contribution is -0.174. The molecule has 1 rings (SSSR count). The molecule has 0 spiro atoms. The lowest BCUT2D eigenvalue weighted by atomic mass is 10.0. The topological polar surface area (TPSA) is 61.5 Å². The molecule has 2 N–H and O–H groups in total. The van der Waals surface area contributed by atoms with Crippen LogP contribution in [0.15, 0.2) is 18.2 Å².